The monoisotopic (exact) mass is 519 g/mol. The highest BCUT2D eigenvalue weighted by atomic mass is 32.2. The van der Waals surface area contributed by atoms with Crippen molar-refractivity contribution in [2.24, 2.45) is 0 Å². The summed E-state index contributed by atoms with van der Waals surface area (Å²) in [6.45, 7) is 0. The number of rotatable bonds is 7. The topological polar surface area (TPSA) is 98.1 Å². The van der Waals surface area contributed by atoms with E-state index in [4.69, 9.17) is 0 Å². The second-order valence-corrected chi connectivity index (χ2v) is 11.2. The van der Waals surface area contributed by atoms with Crippen molar-refractivity contribution in [3.63, 3.8) is 0 Å². The van der Waals surface area contributed by atoms with Gasteiger partial charge in [0.2, 0.25) is 10.0 Å². The van der Waals surface area contributed by atoms with Gasteiger partial charge in [-0.25, -0.2) is 12.8 Å². The number of sulfonamides is 1. The molecule has 0 saturated carbocycles. The normalized spacial score (nSPS) is 19.2. The van der Waals surface area contributed by atoms with E-state index >= 15 is 0 Å². The number of phenolic OH excluding ortho intramolecular Hbond substituents is 2. The maximum Gasteiger partial charge on any atom is 0.241 e. The molecule has 1 aliphatic heterocycles. The Balaban J connectivity index is 1.47. The average molecular weight is 520 g/mol. The molecule has 1 aliphatic rings. The highest BCUT2D eigenvalue weighted by molar-refractivity contribution is 7.95. The van der Waals surface area contributed by atoms with Crippen molar-refractivity contribution in [3.8, 4) is 22.6 Å². The molecule has 4 aromatic rings. The van der Waals surface area contributed by atoms with E-state index in [0.29, 0.717) is 27.9 Å². The molecule has 1 fully saturated rings. The SMILES string of the molecule is O=S1(=O)[C@H](CC[C@H](O)c2ccc(F)cc2)[C@@H](c2ccc(-c3cccc(O)c3)cc2O)N1c1ccccc1. The van der Waals surface area contributed by atoms with Crippen LogP contribution in [-0.2, 0) is 10.0 Å². The number of benzene rings is 4. The van der Waals surface area contributed by atoms with Gasteiger partial charge in [0.05, 0.1) is 17.8 Å². The van der Waals surface area contributed by atoms with Crippen molar-refractivity contribution in [2.75, 3.05) is 4.31 Å². The molecule has 3 atom stereocenters. The zero-order valence-corrected chi connectivity index (χ0v) is 20.6. The van der Waals surface area contributed by atoms with Gasteiger partial charge in [-0.15, -0.1) is 0 Å². The Hall–Kier alpha value is -3.88. The Morgan fingerprint density at radius 3 is 2.22 bits per heavy atom. The van der Waals surface area contributed by atoms with Gasteiger partial charge in [-0.1, -0.05) is 54.6 Å². The number of aromatic hydroxyl groups is 2. The van der Waals surface area contributed by atoms with Gasteiger partial charge in [0.15, 0.2) is 0 Å². The Kier molecular flexibility index (Phi) is 6.62. The molecular weight excluding hydrogens is 493 g/mol. The summed E-state index contributed by atoms with van der Waals surface area (Å²) in [5, 5.41) is 30.6. The number of phenols is 2. The van der Waals surface area contributed by atoms with Crippen molar-refractivity contribution in [1.82, 2.24) is 0 Å². The zero-order chi connectivity index (χ0) is 26.2. The molecule has 6 nitrogen and oxygen atoms in total. The van der Waals surface area contributed by atoms with Crippen molar-refractivity contribution in [2.45, 2.75) is 30.2 Å². The second kappa shape index (κ2) is 9.88. The van der Waals surface area contributed by atoms with E-state index < -0.39 is 33.2 Å². The molecule has 1 heterocycles. The summed E-state index contributed by atoms with van der Waals surface area (Å²) in [4.78, 5) is 0. The lowest BCUT2D eigenvalue weighted by Gasteiger charge is -2.48. The van der Waals surface area contributed by atoms with E-state index in [9.17, 15) is 28.1 Å². The summed E-state index contributed by atoms with van der Waals surface area (Å²) in [7, 11) is -3.76. The molecule has 3 N–H and O–H groups in total. The summed E-state index contributed by atoms with van der Waals surface area (Å²) in [6.07, 6.45) is -0.664. The van der Waals surface area contributed by atoms with Gasteiger partial charge in [0.25, 0.3) is 0 Å². The summed E-state index contributed by atoms with van der Waals surface area (Å²) in [5.74, 6) is -0.382. The maximum absolute atomic E-state index is 13.4. The maximum atomic E-state index is 13.4. The molecule has 190 valence electrons. The van der Waals surface area contributed by atoms with E-state index in [-0.39, 0.29) is 24.3 Å². The molecule has 8 heteroatoms. The first-order valence-corrected chi connectivity index (χ1v) is 13.4. The van der Waals surface area contributed by atoms with Crippen LogP contribution in [0.3, 0.4) is 0 Å². The van der Waals surface area contributed by atoms with Crippen LogP contribution in [0.4, 0.5) is 10.1 Å². The van der Waals surface area contributed by atoms with Gasteiger partial charge >= 0.3 is 0 Å². The van der Waals surface area contributed by atoms with Gasteiger partial charge in [0, 0.05) is 5.56 Å². The minimum atomic E-state index is -3.76. The minimum Gasteiger partial charge on any atom is -0.508 e. The first-order chi connectivity index (χ1) is 17.8. The van der Waals surface area contributed by atoms with E-state index in [1.54, 1.807) is 72.8 Å². The van der Waals surface area contributed by atoms with Crippen LogP contribution in [0.1, 0.15) is 36.1 Å². The molecule has 4 aromatic carbocycles. The molecule has 0 bridgehead atoms. The van der Waals surface area contributed by atoms with E-state index in [2.05, 4.69) is 0 Å². The molecule has 37 heavy (non-hydrogen) atoms. The third kappa shape index (κ3) is 4.77. The summed E-state index contributed by atoms with van der Waals surface area (Å²) >= 11 is 0. The summed E-state index contributed by atoms with van der Waals surface area (Å²) < 4.78 is 41.5. The summed E-state index contributed by atoms with van der Waals surface area (Å²) in [5.41, 5.74) is 2.83. The van der Waals surface area contributed by atoms with E-state index in [0.717, 1.165) is 0 Å². The lowest BCUT2D eigenvalue weighted by Crippen LogP contribution is -2.58. The number of aliphatic hydroxyl groups excluding tert-OH is 1. The lowest BCUT2D eigenvalue weighted by molar-refractivity contribution is 0.162. The fourth-order valence-corrected chi connectivity index (χ4v) is 7.02. The van der Waals surface area contributed by atoms with Crippen molar-refractivity contribution in [3.05, 3.63) is 114 Å². The lowest BCUT2D eigenvalue weighted by atomic mass is 9.93. The molecule has 0 aromatic heterocycles. The quantitative estimate of drug-likeness (QED) is 0.292. The minimum absolute atomic E-state index is 0.0641. The number of hydrogen-bond donors (Lipinski definition) is 3. The molecule has 0 amide bonds. The van der Waals surface area contributed by atoms with E-state index in [1.807, 2.05) is 0 Å². The largest absolute Gasteiger partial charge is 0.508 e. The number of halogens is 1. The Morgan fingerprint density at radius 1 is 0.838 bits per heavy atom. The molecule has 0 spiro atoms. The van der Waals surface area contributed by atoms with Gasteiger partial charge in [-0.05, 0) is 72.0 Å². The third-order valence-electron chi connectivity index (χ3n) is 6.78. The van der Waals surface area contributed by atoms with Crippen LogP contribution in [0.15, 0.2) is 97.1 Å². The predicted octanol–water partition coefficient (Wildman–Crippen LogP) is 5.68. The van der Waals surface area contributed by atoms with E-state index in [1.165, 1.54) is 28.6 Å². The number of anilines is 1. The van der Waals surface area contributed by atoms with Crippen molar-refractivity contribution >= 4 is 15.7 Å². The Bertz CT molecular complexity index is 1510. The smallest absolute Gasteiger partial charge is 0.241 e. The second-order valence-electron chi connectivity index (χ2n) is 9.13. The average Bonchev–Trinajstić information content (AvgIpc) is 2.88. The van der Waals surface area contributed by atoms with Crippen LogP contribution in [0.2, 0.25) is 0 Å². The molecule has 0 unspecified atom stereocenters. The van der Waals surface area contributed by atoms with Gasteiger partial charge < -0.3 is 15.3 Å². The van der Waals surface area contributed by atoms with Gasteiger partial charge in [0.1, 0.15) is 22.6 Å². The fourth-order valence-electron chi connectivity index (χ4n) is 4.90. The van der Waals surface area contributed by atoms with Crippen LogP contribution in [0.25, 0.3) is 11.1 Å². The Morgan fingerprint density at radius 2 is 1.54 bits per heavy atom. The van der Waals surface area contributed by atoms with Crippen LogP contribution in [0, 0.1) is 5.82 Å². The summed E-state index contributed by atoms with van der Waals surface area (Å²) in [6, 6.07) is 25.2. The van der Waals surface area contributed by atoms with Crippen LogP contribution >= 0.6 is 0 Å². The molecular formula is C29H26FNO5S. The standard InChI is InChI=1S/C29H26FNO5S/c30-22-12-9-19(10-13-22)26(33)15-16-28-29(31(37(28,35)36)23-6-2-1-3-7-23)25-14-11-21(18-27(25)34)20-5-4-8-24(32)17-20/h1-14,17-18,26,28-29,32-34H,15-16H2/t26-,28+,29+/m0/s1. The van der Waals surface area contributed by atoms with Crippen LogP contribution in [-0.4, -0.2) is 29.0 Å². The zero-order valence-electron chi connectivity index (χ0n) is 19.8. The number of nitrogens with zero attached hydrogens (tertiary/aromatic N) is 1. The Labute approximate surface area is 214 Å². The first kappa shape index (κ1) is 24.8. The highest BCUT2D eigenvalue weighted by Crippen LogP contribution is 2.50. The number of hydrogen-bond acceptors (Lipinski definition) is 5. The van der Waals surface area contributed by atoms with Crippen LogP contribution in [0.5, 0.6) is 11.5 Å². The predicted molar refractivity (Wildman–Crippen MR) is 140 cm³/mol. The third-order valence-corrected chi connectivity index (χ3v) is 9.03. The van der Waals surface area contributed by atoms with Gasteiger partial charge in [-0.3, -0.25) is 4.31 Å². The highest BCUT2D eigenvalue weighted by Gasteiger charge is 2.54. The molecule has 5 rings (SSSR count). The first-order valence-electron chi connectivity index (χ1n) is 11.9. The fraction of sp³-hybridized carbons (Fsp3) is 0.172. The number of para-hydroxylation sites is 1. The van der Waals surface area contributed by atoms with Gasteiger partial charge in [-0.2, -0.15) is 0 Å². The molecule has 0 aliphatic carbocycles. The van der Waals surface area contributed by atoms with Crippen molar-refractivity contribution < 1.29 is 28.1 Å². The molecule has 1 saturated heterocycles. The van der Waals surface area contributed by atoms with Crippen molar-refractivity contribution in [1.29, 1.82) is 0 Å². The molecule has 0 radical (unpaired) electrons. The van der Waals surface area contributed by atoms with Crippen LogP contribution < -0.4 is 4.31 Å². The number of aliphatic hydroxyl groups is 1.